The number of halogens is 2. The zero-order valence-electron chi connectivity index (χ0n) is 12.8. The number of benzene rings is 1. The summed E-state index contributed by atoms with van der Waals surface area (Å²) in [6.45, 7) is 1.28. The third-order valence-corrected chi connectivity index (χ3v) is 2.71. The van der Waals surface area contributed by atoms with Crippen molar-refractivity contribution in [2.24, 2.45) is 5.73 Å². The molecule has 0 saturated heterocycles. The molecule has 3 N–H and O–H groups in total. The third-order valence-electron chi connectivity index (χ3n) is 2.71. The minimum Gasteiger partial charge on any atom is -0.493 e. The van der Waals surface area contributed by atoms with Gasteiger partial charge in [-0.15, -0.1) is 0 Å². The molecule has 22 heavy (non-hydrogen) atoms. The minimum atomic E-state index is -2.94. The van der Waals surface area contributed by atoms with Gasteiger partial charge in [0, 0.05) is 30.6 Å². The molecule has 0 heterocycles. The van der Waals surface area contributed by atoms with Crippen molar-refractivity contribution >= 4 is 5.91 Å². The first-order valence-electron chi connectivity index (χ1n) is 7.15. The number of hydrogen-bond acceptors (Lipinski definition) is 4. The molecule has 0 fully saturated rings. The molecular formula is C15H22F2N2O3. The smallest absolute Gasteiger partial charge is 0.387 e. The molecule has 1 amide bonds. The van der Waals surface area contributed by atoms with E-state index in [2.05, 4.69) is 10.1 Å². The van der Waals surface area contributed by atoms with Gasteiger partial charge >= 0.3 is 6.61 Å². The quantitative estimate of drug-likeness (QED) is 0.734. The van der Waals surface area contributed by atoms with E-state index in [1.165, 1.54) is 6.07 Å². The second-order valence-electron chi connectivity index (χ2n) is 4.95. The van der Waals surface area contributed by atoms with Gasteiger partial charge in [0.2, 0.25) is 5.91 Å². The van der Waals surface area contributed by atoms with Crippen molar-refractivity contribution in [1.82, 2.24) is 5.32 Å². The lowest BCUT2D eigenvalue weighted by Gasteiger charge is -2.14. The van der Waals surface area contributed by atoms with Crippen molar-refractivity contribution in [3.63, 3.8) is 0 Å². The zero-order chi connectivity index (χ0) is 16.5. The molecule has 124 valence electrons. The van der Waals surface area contributed by atoms with Crippen LogP contribution in [0.15, 0.2) is 18.2 Å². The molecule has 1 unspecified atom stereocenters. The number of carbonyl (C=O) groups excluding carboxylic acids is 1. The second-order valence-corrected chi connectivity index (χ2v) is 4.95. The Bertz CT molecular complexity index is 482. The molecule has 0 aliphatic heterocycles. The Morgan fingerprint density at radius 2 is 2.14 bits per heavy atom. The summed E-state index contributed by atoms with van der Waals surface area (Å²) in [6, 6.07) is 4.38. The first-order valence-corrected chi connectivity index (χ1v) is 7.15. The predicted molar refractivity (Wildman–Crippen MR) is 79.0 cm³/mol. The van der Waals surface area contributed by atoms with Crippen LogP contribution in [-0.2, 0) is 11.3 Å². The Morgan fingerprint density at radius 1 is 1.41 bits per heavy atom. The third kappa shape index (κ3) is 6.71. The lowest BCUT2D eigenvalue weighted by Crippen LogP contribution is -2.29. The Labute approximate surface area is 128 Å². The number of rotatable bonds is 9. The number of alkyl halides is 2. The molecule has 5 nitrogen and oxygen atoms in total. The Kier molecular flexibility index (Phi) is 7.59. The average molecular weight is 316 g/mol. The highest BCUT2D eigenvalue weighted by atomic mass is 19.3. The van der Waals surface area contributed by atoms with Crippen LogP contribution in [0.1, 0.15) is 32.3 Å². The van der Waals surface area contributed by atoms with Crippen LogP contribution in [0.5, 0.6) is 11.5 Å². The molecule has 0 aromatic heterocycles. The summed E-state index contributed by atoms with van der Waals surface area (Å²) >= 11 is 0. The van der Waals surface area contributed by atoms with Crippen LogP contribution in [-0.4, -0.2) is 25.2 Å². The summed E-state index contributed by atoms with van der Waals surface area (Å²) in [4.78, 5) is 11.6. The predicted octanol–water partition coefficient (Wildman–Crippen LogP) is 2.43. The standard InChI is InChI=1S/C15H22F2N2O3/c1-3-6-21-12-5-4-11(13(8-12)22-15(16)17)9-19-14(20)7-10(2)18/h4-5,8,10,15H,3,6-7,9,18H2,1-2H3,(H,19,20). The number of carbonyl (C=O) groups is 1. The molecule has 0 spiro atoms. The fraction of sp³-hybridized carbons (Fsp3) is 0.533. The van der Waals surface area contributed by atoms with E-state index in [1.807, 2.05) is 6.92 Å². The van der Waals surface area contributed by atoms with Gasteiger partial charge in [-0.05, 0) is 25.5 Å². The Morgan fingerprint density at radius 3 is 2.73 bits per heavy atom. The number of nitrogens with one attached hydrogen (secondary N) is 1. The van der Waals surface area contributed by atoms with E-state index in [9.17, 15) is 13.6 Å². The normalized spacial score (nSPS) is 12.1. The molecule has 0 radical (unpaired) electrons. The van der Waals surface area contributed by atoms with E-state index in [-0.39, 0.29) is 30.7 Å². The highest BCUT2D eigenvalue weighted by Gasteiger charge is 2.13. The molecule has 1 rings (SSSR count). The lowest BCUT2D eigenvalue weighted by atomic mass is 10.1. The summed E-state index contributed by atoms with van der Waals surface area (Å²) in [5, 5.41) is 2.62. The van der Waals surface area contributed by atoms with Crippen molar-refractivity contribution in [2.45, 2.75) is 45.9 Å². The van der Waals surface area contributed by atoms with Gasteiger partial charge in [0.25, 0.3) is 0 Å². The number of ether oxygens (including phenoxy) is 2. The molecule has 0 aliphatic carbocycles. The number of hydrogen-bond donors (Lipinski definition) is 2. The average Bonchev–Trinajstić information content (AvgIpc) is 2.42. The molecule has 1 atom stereocenters. The molecule has 0 saturated carbocycles. The maximum absolute atomic E-state index is 12.5. The minimum absolute atomic E-state index is 0.00954. The first kappa shape index (κ1) is 18.2. The first-order chi connectivity index (χ1) is 10.4. The van der Waals surface area contributed by atoms with Crippen LogP contribution in [0.3, 0.4) is 0 Å². The van der Waals surface area contributed by atoms with Crippen molar-refractivity contribution in [1.29, 1.82) is 0 Å². The van der Waals surface area contributed by atoms with E-state index in [1.54, 1.807) is 19.1 Å². The Balaban J connectivity index is 2.76. The second kappa shape index (κ2) is 9.19. The monoisotopic (exact) mass is 316 g/mol. The van der Waals surface area contributed by atoms with Crippen LogP contribution < -0.4 is 20.5 Å². The van der Waals surface area contributed by atoms with E-state index >= 15 is 0 Å². The molecule has 1 aromatic rings. The van der Waals surface area contributed by atoms with Crippen LogP contribution in [0.25, 0.3) is 0 Å². The largest absolute Gasteiger partial charge is 0.493 e. The summed E-state index contributed by atoms with van der Waals surface area (Å²) in [6.07, 6.45) is 0.975. The number of nitrogens with two attached hydrogens (primary N) is 1. The summed E-state index contributed by atoms with van der Waals surface area (Å²) in [7, 11) is 0. The van der Waals surface area contributed by atoms with Gasteiger partial charge in [0.05, 0.1) is 6.61 Å². The van der Waals surface area contributed by atoms with Gasteiger partial charge in [-0.25, -0.2) is 0 Å². The summed E-state index contributed by atoms with van der Waals surface area (Å²) in [5.74, 6) is 0.192. The fourth-order valence-electron chi connectivity index (χ4n) is 1.75. The maximum atomic E-state index is 12.5. The van der Waals surface area contributed by atoms with Crippen LogP contribution in [0.4, 0.5) is 8.78 Å². The van der Waals surface area contributed by atoms with Crippen molar-refractivity contribution < 1.29 is 23.0 Å². The van der Waals surface area contributed by atoms with Crippen LogP contribution in [0, 0.1) is 0 Å². The van der Waals surface area contributed by atoms with Crippen molar-refractivity contribution in [2.75, 3.05) is 6.61 Å². The molecule has 1 aromatic carbocycles. The van der Waals surface area contributed by atoms with Gasteiger partial charge in [0.1, 0.15) is 11.5 Å². The van der Waals surface area contributed by atoms with Crippen LogP contribution in [0.2, 0.25) is 0 Å². The molecule has 0 aliphatic rings. The molecule has 0 bridgehead atoms. The Hall–Kier alpha value is -1.89. The maximum Gasteiger partial charge on any atom is 0.387 e. The van der Waals surface area contributed by atoms with Gasteiger partial charge < -0.3 is 20.5 Å². The van der Waals surface area contributed by atoms with E-state index in [0.717, 1.165) is 6.42 Å². The summed E-state index contributed by atoms with van der Waals surface area (Å²) < 4.78 is 34.8. The molecular weight excluding hydrogens is 294 g/mol. The van der Waals surface area contributed by atoms with Gasteiger partial charge in [0.15, 0.2) is 0 Å². The van der Waals surface area contributed by atoms with E-state index in [4.69, 9.17) is 10.5 Å². The van der Waals surface area contributed by atoms with Gasteiger partial charge in [-0.1, -0.05) is 6.92 Å². The summed E-state index contributed by atoms with van der Waals surface area (Å²) in [5.41, 5.74) is 5.97. The highest BCUT2D eigenvalue weighted by Crippen LogP contribution is 2.26. The molecule has 7 heteroatoms. The van der Waals surface area contributed by atoms with E-state index in [0.29, 0.717) is 17.9 Å². The highest BCUT2D eigenvalue weighted by molar-refractivity contribution is 5.76. The van der Waals surface area contributed by atoms with Gasteiger partial charge in [-0.3, -0.25) is 4.79 Å². The van der Waals surface area contributed by atoms with Crippen LogP contribution >= 0.6 is 0 Å². The van der Waals surface area contributed by atoms with Gasteiger partial charge in [-0.2, -0.15) is 8.78 Å². The van der Waals surface area contributed by atoms with Crippen molar-refractivity contribution in [3.05, 3.63) is 23.8 Å². The van der Waals surface area contributed by atoms with Crippen molar-refractivity contribution in [3.8, 4) is 11.5 Å². The topological polar surface area (TPSA) is 73.6 Å². The lowest BCUT2D eigenvalue weighted by molar-refractivity contribution is -0.121. The fourth-order valence-corrected chi connectivity index (χ4v) is 1.75. The zero-order valence-corrected chi connectivity index (χ0v) is 12.8. The number of amides is 1. The SMILES string of the molecule is CCCOc1ccc(CNC(=O)CC(C)N)c(OC(F)F)c1. The van der Waals surface area contributed by atoms with E-state index < -0.39 is 6.61 Å².